The molecule has 1 heterocycles. The Morgan fingerprint density at radius 2 is 2.00 bits per heavy atom. The molecule has 0 amide bonds. The van der Waals surface area contributed by atoms with Crippen LogP contribution in [0.25, 0.3) is 0 Å². The Kier molecular flexibility index (Phi) is 3.20. The van der Waals surface area contributed by atoms with Gasteiger partial charge in [0.05, 0.1) is 12.1 Å². The van der Waals surface area contributed by atoms with E-state index in [1.807, 2.05) is 36.4 Å². The van der Waals surface area contributed by atoms with Crippen LogP contribution >= 0.6 is 15.9 Å². The summed E-state index contributed by atoms with van der Waals surface area (Å²) in [6.07, 6.45) is -0.522. The van der Waals surface area contributed by atoms with Crippen molar-refractivity contribution < 1.29 is 5.11 Å². The van der Waals surface area contributed by atoms with Gasteiger partial charge >= 0.3 is 0 Å². The molecule has 2 unspecified atom stereocenters. The highest BCUT2D eigenvalue weighted by atomic mass is 79.9. The Bertz CT molecular complexity index is 570. The van der Waals surface area contributed by atoms with Gasteiger partial charge in [0.2, 0.25) is 0 Å². The third kappa shape index (κ3) is 2.09. The lowest BCUT2D eigenvalue weighted by atomic mass is 9.96. The van der Waals surface area contributed by atoms with Crippen LogP contribution in [0.2, 0.25) is 0 Å². The van der Waals surface area contributed by atoms with Gasteiger partial charge in [0.25, 0.3) is 0 Å². The van der Waals surface area contributed by atoms with Crippen molar-refractivity contribution in [2.75, 3.05) is 0 Å². The van der Waals surface area contributed by atoms with Crippen molar-refractivity contribution >= 4 is 15.9 Å². The number of nitrogens with one attached hydrogen (secondary N) is 1. The Labute approximate surface area is 115 Å². The lowest BCUT2D eigenvalue weighted by molar-refractivity contribution is 0.133. The highest BCUT2D eigenvalue weighted by Gasteiger charge is 2.28. The minimum absolute atomic E-state index is 0.0181. The third-order valence-electron chi connectivity index (χ3n) is 3.41. The van der Waals surface area contributed by atoms with Crippen molar-refractivity contribution in [1.29, 1.82) is 0 Å². The van der Waals surface area contributed by atoms with Gasteiger partial charge in [-0.25, -0.2) is 0 Å². The van der Waals surface area contributed by atoms with Crippen molar-refractivity contribution in [3.05, 3.63) is 69.7 Å². The summed E-state index contributed by atoms with van der Waals surface area (Å²) in [5, 5.41) is 13.9. The summed E-state index contributed by atoms with van der Waals surface area (Å²) in [7, 11) is 0. The number of rotatable bonds is 2. The van der Waals surface area contributed by atoms with Crippen molar-refractivity contribution in [2.24, 2.45) is 0 Å². The summed E-state index contributed by atoms with van der Waals surface area (Å²) in [6, 6.07) is 16.1. The maximum Gasteiger partial charge on any atom is 0.0985 e. The Morgan fingerprint density at radius 1 is 1.17 bits per heavy atom. The van der Waals surface area contributed by atoms with Crippen LogP contribution in [0, 0.1) is 0 Å². The minimum atomic E-state index is -0.522. The zero-order valence-electron chi connectivity index (χ0n) is 9.81. The second kappa shape index (κ2) is 4.84. The smallest absolute Gasteiger partial charge is 0.0985 e. The van der Waals surface area contributed by atoms with Crippen LogP contribution in [0.5, 0.6) is 0 Å². The SMILES string of the molecule is OC(c1cccc(Br)c1)C1NCc2ccccc21. The lowest BCUT2D eigenvalue weighted by Gasteiger charge is -2.20. The van der Waals surface area contributed by atoms with Crippen molar-refractivity contribution in [1.82, 2.24) is 5.32 Å². The third-order valence-corrected chi connectivity index (χ3v) is 3.90. The molecule has 18 heavy (non-hydrogen) atoms. The van der Waals surface area contributed by atoms with Gasteiger partial charge in [-0.05, 0) is 28.8 Å². The van der Waals surface area contributed by atoms with Gasteiger partial charge < -0.3 is 10.4 Å². The molecule has 92 valence electrons. The highest BCUT2D eigenvalue weighted by Crippen LogP contribution is 2.35. The molecule has 3 rings (SSSR count). The second-order valence-corrected chi connectivity index (χ2v) is 5.47. The maximum atomic E-state index is 10.5. The zero-order chi connectivity index (χ0) is 12.5. The van der Waals surface area contributed by atoms with E-state index in [1.54, 1.807) is 0 Å². The van der Waals surface area contributed by atoms with E-state index in [0.717, 1.165) is 16.6 Å². The van der Waals surface area contributed by atoms with Crippen LogP contribution in [0.3, 0.4) is 0 Å². The van der Waals surface area contributed by atoms with Gasteiger partial charge in [-0.15, -0.1) is 0 Å². The Hall–Kier alpha value is -1.16. The molecule has 2 aromatic rings. The summed E-state index contributed by atoms with van der Waals surface area (Å²) >= 11 is 3.44. The first-order valence-electron chi connectivity index (χ1n) is 6.00. The molecule has 0 spiro atoms. The highest BCUT2D eigenvalue weighted by molar-refractivity contribution is 9.10. The Morgan fingerprint density at radius 3 is 2.83 bits per heavy atom. The number of hydrogen-bond donors (Lipinski definition) is 2. The minimum Gasteiger partial charge on any atom is -0.386 e. The fourth-order valence-corrected chi connectivity index (χ4v) is 2.91. The van der Waals surface area contributed by atoms with Crippen LogP contribution in [0.1, 0.15) is 28.8 Å². The summed E-state index contributed by atoms with van der Waals surface area (Å²) in [4.78, 5) is 0. The molecule has 2 atom stereocenters. The molecule has 0 aliphatic carbocycles. The number of fused-ring (bicyclic) bond motifs is 1. The zero-order valence-corrected chi connectivity index (χ0v) is 11.4. The molecule has 2 nitrogen and oxygen atoms in total. The summed E-state index contributed by atoms with van der Waals surface area (Å²) in [5.41, 5.74) is 3.40. The molecule has 0 fully saturated rings. The van der Waals surface area contributed by atoms with Gasteiger partial charge in [0, 0.05) is 11.0 Å². The van der Waals surface area contributed by atoms with Crippen LogP contribution in [0.15, 0.2) is 53.0 Å². The maximum absolute atomic E-state index is 10.5. The van der Waals surface area contributed by atoms with Gasteiger partial charge in [-0.1, -0.05) is 52.3 Å². The van der Waals surface area contributed by atoms with E-state index in [1.165, 1.54) is 11.1 Å². The number of aliphatic hydroxyl groups excluding tert-OH is 1. The molecular weight excluding hydrogens is 290 g/mol. The molecule has 0 radical (unpaired) electrons. The monoisotopic (exact) mass is 303 g/mol. The quantitative estimate of drug-likeness (QED) is 0.892. The summed E-state index contributed by atoms with van der Waals surface area (Å²) in [6.45, 7) is 0.825. The van der Waals surface area contributed by atoms with Gasteiger partial charge in [-0.2, -0.15) is 0 Å². The molecule has 1 aliphatic heterocycles. The van der Waals surface area contributed by atoms with Gasteiger partial charge in [0.1, 0.15) is 0 Å². The first kappa shape index (κ1) is 11.9. The number of aliphatic hydroxyl groups is 1. The fourth-order valence-electron chi connectivity index (χ4n) is 2.49. The van der Waals surface area contributed by atoms with E-state index >= 15 is 0 Å². The first-order valence-corrected chi connectivity index (χ1v) is 6.80. The predicted molar refractivity (Wildman–Crippen MR) is 75.1 cm³/mol. The molecule has 3 heteroatoms. The van der Waals surface area contributed by atoms with E-state index in [0.29, 0.717) is 0 Å². The van der Waals surface area contributed by atoms with Gasteiger partial charge in [-0.3, -0.25) is 0 Å². The molecule has 1 aliphatic rings. The topological polar surface area (TPSA) is 32.3 Å². The second-order valence-electron chi connectivity index (χ2n) is 4.56. The lowest BCUT2D eigenvalue weighted by Crippen LogP contribution is -2.20. The van der Waals surface area contributed by atoms with Crippen LogP contribution < -0.4 is 5.32 Å². The molecule has 0 saturated carbocycles. The van der Waals surface area contributed by atoms with E-state index in [4.69, 9.17) is 0 Å². The van der Waals surface area contributed by atoms with E-state index in [9.17, 15) is 5.11 Å². The Balaban J connectivity index is 1.93. The van der Waals surface area contributed by atoms with Crippen LogP contribution in [-0.2, 0) is 6.54 Å². The first-order chi connectivity index (χ1) is 8.75. The predicted octanol–water partition coefficient (Wildman–Crippen LogP) is 3.33. The largest absolute Gasteiger partial charge is 0.386 e. The van der Waals surface area contributed by atoms with E-state index in [-0.39, 0.29) is 6.04 Å². The van der Waals surface area contributed by atoms with Gasteiger partial charge in [0.15, 0.2) is 0 Å². The van der Waals surface area contributed by atoms with Crippen molar-refractivity contribution in [3.8, 4) is 0 Å². The standard InChI is InChI=1S/C15H14BrNO/c16-12-6-3-5-10(8-12)15(18)14-13-7-2-1-4-11(13)9-17-14/h1-8,14-15,17-18H,9H2. The fraction of sp³-hybridized carbons (Fsp3) is 0.200. The van der Waals surface area contributed by atoms with Crippen molar-refractivity contribution in [2.45, 2.75) is 18.7 Å². The van der Waals surface area contributed by atoms with E-state index in [2.05, 4.69) is 33.4 Å². The van der Waals surface area contributed by atoms with Crippen molar-refractivity contribution in [3.63, 3.8) is 0 Å². The molecule has 2 aromatic carbocycles. The average Bonchev–Trinajstić information content (AvgIpc) is 2.82. The molecule has 0 saturated heterocycles. The normalized spacial score (nSPS) is 19.6. The van der Waals surface area contributed by atoms with Crippen LogP contribution in [-0.4, -0.2) is 5.11 Å². The summed E-state index contributed by atoms with van der Waals surface area (Å²) in [5.74, 6) is 0. The summed E-state index contributed by atoms with van der Waals surface area (Å²) < 4.78 is 0.991. The molecule has 0 aromatic heterocycles. The number of hydrogen-bond acceptors (Lipinski definition) is 2. The van der Waals surface area contributed by atoms with Crippen LogP contribution in [0.4, 0.5) is 0 Å². The number of halogens is 1. The number of benzene rings is 2. The average molecular weight is 304 g/mol. The molecular formula is C15H14BrNO. The molecule has 0 bridgehead atoms. The van der Waals surface area contributed by atoms with E-state index < -0.39 is 6.10 Å². The molecule has 2 N–H and O–H groups in total.